The zero-order valence-corrected chi connectivity index (χ0v) is 11.2. The van der Waals surface area contributed by atoms with E-state index in [2.05, 4.69) is 10.3 Å². The summed E-state index contributed by atoms with van der Waals surface area (Å²) in [4.78, 5) is 27.0. The molecule has 98 valence electrons. The van der Waals surface area contributed by atoms with E-state index in [0.29, 0.717) is 13.0 Å². The van der Waals surface area contributed by atoms with Crippen molar-refractivity contribution in [3.05, 3.63) is 16.6 Å². The van der Waals surface area contributed by atoms with Crippen LogP contribution in [0.2, 0.25) is 0 Å². The molecule has 1 heterocycles. The van der Waals surface area contributed by atoms with E-state index in [-0.39, 0.29) is 5.91 Å². The van der Waals surface area contributed by atoms with Crippen molar-refractivity contribution in [2.75, 3.05) is 6.54 Å². The Morgan fingerprint density at radius 3 is 2.72 bits per heavy atom. The molecule has 1 aliphatic rings. The van der Waals surface area contributed by atoms with Gasteiger partial charge in [-0.1, -0.05) is 13.8 Å². The van der Waals surface area contributed by atoms with Crippen LogP contribution in [0.3, 0.4) is 0 Å². The SMILES string of the molecule is CC1(C)C(C(=O)O)C1C(=O)NCCc1nccs1. The fourth-order valence-corrected chi connectivity index (χ4v) is 2.99. The Labute approximate surface area is 109 Å². The minimum absolute atomic E-state index is 0.163. The number of carboxylic acid groups (broad SMARTS) is 1. The third kappa shape index (κ3) is 2.38. The number of rotatable bonds is 5. The van der Waals surface area contributed by atoms with Gasteiger partial charge in [-0.15, -0.1) is 11.3 Å². The second-order valence-corrected chi connectivity index (χ2v) is 6.06. The fraction of sp³-hybridized carbons (Fsp3) is 0.583. The fourth-order valence-electron chi connectivity index (χ4n) is 2.37. The lowest BCUT2D eigenvalue weighted by Crippen LogP contribution is -2.29. The summed E-state index contributed by atoms with van der Waals surface area (Å²) in [7, 11) is 0. The summed E-state index contributed by atoms with van der Waals surface area (Å²) in [6.45, 7) is 4.14. The summed E-state index contributed by atoms with van der Waals surface area (Å²) in [6.07, 6.45) is 2.42. The zero-order chi connectivity index (χ0) is 13.3. The maximum absolute atomic E-state index is 11.9. The first kappa shape index (κ1) is 13.0. The van der Waals surface area contributed by atoms with Crippen molar-refractivity contribution in [3.8, 4) is 0 Å². The van der Waals surface area contributed by atoms with Crippen molar-refractivity contribution < 1.29 is 14.7 Å². The number of amides is 1. The van der Waals surface area contributed by atoms with Crippen LogP contribution in [0.15, 0.2) is 11.6 Å². The molecule has 0 aliphatic heterocycles. The highest BCUT2D eigenvalue weighted by atomic mass is 32.1. The van der Waals surface area contributed by atoms with Gasteiger partial charge in [0, 0.05) is 24.5 Å². The monoisotopic (exact) mass is 268 g/mol. The summed E-state index contributed by atoms with van der Waals surface area (Å²) in [5.41, 5.74) is -0.433. The quantitative estimate of drug-likeness (QED) is 0.840. The van der Waals surface area contributed by atoms with Crippen LogP contribution in [-0.4, -0.2) is 28.5 Å². The number of thiazole rings is 1. The van der Waals surface area contributed by atoms with Crippen molar-refractivity contribution in [2.24, 2.45) is 17.3 Å². The Kier molecular flexibility index (Phi) is 3.38. The molecule has 2 unspecified atom stereocenters. The molecule has 0 bridgehead atoms. The maximum atomic E-state index is 11.9. The van der Waals surface area contributed by atoms with E-state index in [1.165, 1.54) is 0 Å². The smallest absolute Gasteiger partial charge is 0.307 e. The van der Waals surface area contributed by atoms with Crippen LogP contribution < -0.4 is 5.32 Å². The lowest BCUT2D eigenvalue weighted by molar-refractivity contribution is -0.140. The van der Waals surface area contributed by atoms with Crippen LogP contribution in [0.5, 0.6) is 0 Å². The highest BCUT2D eigenvalue weighted by Gasteiger charge is 2.65. The molecule has 1 aliphatic carbocycles. The normalized spacial score (nSPS) is 24.6. The van der Waals surface area contributed by atoms with Crippen molar-refractivity contribution in [3.63, 3.8) is 0 Å². The molecule has 18 heavy (non-hydrogen) atoms. The van der Waals surface area contributed by atoms with Gasteiger partial charge in [0.05, 0.1) is 16.8 Å². The Morgan fingerprint density at radius 2 is 2.22 bits per heavy atom. The van der Waals surface area contributed by atoms with Crippen molar-refractivity contribution in [1.82, 2.24) is 10.3 Å². The average Bonchev–Trinajstić information content (AvgIpc) is 2.65. The van der Waals surface area contributed by atoms with Gasteiger partial charge in [-0.05, 0) is 5.41 Å². The van der Waals surface area contributed by atoms with Gasteiger partial charge in [0.1, 0.15) is 0 Å². The lowest BCUT2D eigenvalue weighted by Gasteiger charge is -2.04. The molecule has 1 saturated carbocycles. The molecule has 1 fully saturated rings. The van der Waals surface area contributed by atoms with Gasteiger partial charge in [-0.2, -0.15) is 0 Å². The van der Waals surface area contributed by atoms with Gasteiger partial charge in [-0.3, -0.25) is 9.59 Å². The maximum Gasteiger partial charge on any atom is 0.307 e. The van der Waals surface area contributed by atoms with E-state index in [1.54, 1.807) is 17.5 Å². The van der Waals surface area contributed by atoms with Crippen LogP contribution in [0.4, 0.5) is 0 Å². The van der Waals surface area contributed by atoms with Gasteiger partial charge in [0.25, 0.3) is 0 Å². The largest absolute Gasteiger partial charge is 0.481 e. The topological polar surface area (TPSA) is 79.3 Å². The van der Waals surface area contributed by atoms with Gasteiger partial charge in [0.15, 0.2) is 0 Å². The summed E-state index contributed by atoms with van der Waals surface area (Å²) in [5.74, 6) is -2.02. The number of hydrogen-bond acceptors (Lipinski definition) is 4. The number of carbonyl (C=O) groups excluding carboxylic acids is 1. The molecule has 2 atom stereocenters. The van der Waals surface area contributed by atoms with E-state index < -0.39 is 23.2 Å². The third-order valence-corrected chi connectivity index (χ3v) is 4.34. The minimum Gasteiger partial charge on any atom is -0.481 e. The van der Waals surface area contributed by atoms with Crippen LogP contribution in [0.25, 0.3) is 0 Å². The van der Waals surface area contributed by atoms with Gasteiger partial charge >= 0.3 is 5.97 Å². The van der Waals surface area contributed by atoms with Crippen LogP contribution in [-0.2, 0) is 16.0 Å². The minimum atomic E-state index is -0.889. The van der Waals surface area contributed by atoms with E-state index >= 15 is 0 Å². The molecule has 1 aromatic rings. The molecule has 0 aromatic carbocycles. The molecule has 0 radical (unpaired) electrons. The number of nitrogens with zero attached hydrogens (tertiary/aromatic N) is 1. The van der Waals surface area contributed by atoms with Gasteiger partial charge in [0.2, 0.25) is 5.91 Å². The molecule has 2 rings (SSSR count). The first-order valence-corrected chi connectivity index (χ1v) is 6.71. The van der Waals surface area contributed by atoms with E-state index in [4.69, 9.17) is 5.11 Å². The molecule has 6 heteroatoms. The molecule has 0 spiro atoms. The van der Waals surface area contributed by atoms with Crippen molar-refractivity contribution in [2.45, 2.75) is 20.3 Å². The van der Waals surface area contributed by atoms with E-state index in [0.717, 1.165) is 5.01 Å². The van der Waals surface area contributed by atoms with Crippen molar-refractivity contribution in [1.29, 1.82) is 0 Å². The number of nitrogens with one attached hydrogen (secondary N) is 1. The molecule has 2 N–H and O–H groups in total. The first-order valence-electron chi connectivity index (χ1n) is 5.83. The van der Waals surface area contributed by atoms with Gasteiger partial charge < -0.3 is 10.4 Å². The molecular formula is C12H16N2O3S. The first-order chi connectivity index (χ1) is 8.44. The summed E-state index contributed by atoms with van der Waals surface area (Å²) in [6, 6.07) is 0. The van der Waals surface area contributed by atoms with E-state index in [1.807, 2.05) is 19.2 Å². The molecular weight excluding hydrogens is 252 g/mol. The number of carbonyl (C=O) groups is 2. The molecule has 0 saturated heterocycles. The Balaban J connectivity index is 1.81. The summed E-state index contributed by atoms with van der Waals surface area (Å²) in [5, 5.41) is 14.6. The van der Waals surface area contributed by atoms with Crippen molar-refractivity contribution >= 4 is 23.2 Å². The molecule has 1 aromatic heterocycles. The Morgan fingerprint density at radius 1 is 1.50 bits per heavy atom. The number of hydrogen-bond donors (Lipinski definition) is 2. The molecule has 5 nitrogen and oxygen atoms in total. The highest BCUT2D eigenvalue weighted by molar-refractivity contribution is 7.09. The highest BCUT2D eigenvalue weighted by Crippen LogP contribution is 2.58. The second-order valence-electron chi connectivity index (χ2n) is 5.08. The molecule has 1 amide bonds. The predicted molar refractivity (Wildman–Crippen MR) is 67.2 cm³/mol. The zero-order valence-electron chi connectivity index (χ0n) is 10.3. The van der Waals surface area contributed by atoms with Crippen LogP contribution in [0, 0.1) is 17.3 Å². The average molecular weight is 268 g/mol. The van der Waals surface area contributed by atoms with Crippen LogP contribution in [0.1, 0.15) is 18.9 Å². The van der Waals surface area contributed by atoms with E-state index in [9.17, 15) is 9.59 Å². The predicted octanol–water partition coefficient (Wildman–Crippen LogP) is 1.16. The number of aromatic nitrogens is 1. The Bertz CT molecular complexity index is 456. The van der Waals surface area contributed by atoms with Gasteiger partial charge in [-0.25, -0.2) is 4.98 Å². The lowest BCUT2D eigenvalue weighted by atomic mass is 10.1. The number of carboxylic acids is 1. The second kappa shape index (κ2) is 4.68. The summed E-state index contributed by atoms with van der Waals surface area (Å²) < 4.78 is 0. The Hall–Kier alpha value is -1.43. The third-order valence-electron chi connectivity index (χ3n) is 3.50. The summed E-state index contributed by atoms with van der Waals surface area (Å²) >= 11 is 1.55. The number of aliphatic carboxylic acids is 1. The van der Waals surface area contributed by atoms with Crippen LogP contribution >= 0.6 is 11.3 Å². The standard InChI is InChI=1S/C12H16N2O3S/c1-12(2)8(9(12)11(16)17)10(15)14-4-3-7-13-5-6-18-7/h5-6,8-9H,3-4H2,1-2H3,(H,14,15)(H,16,17).